The molecule has 0 saturated heterocycles. The maximum Gasteiger partial charge on any atom is 0.00773 e. The van der Waals surface area contributed by atoms with Crippen molar-refractivity contribution in [2.75, 3.05) is 0 Å². The van der Waals surface area contributed by atoms with Crippen molar-refractivity contribution in [3.8, 4) is 0 Å². The summed E-state index contributed by atoms with van der Waals surface area (Å²) in [4.78, 5) is 1.39. The summed E-state index contributed by atoms with van der Waals surface area (Å²) in [6.07, 6.45) is 1.13. The predicted molar refractivity (Wildman–Crippen MR) is 56.8 cm³/mol. The van der Waals surface area contributed by atoms with E-state index in [4.69, 9.17) is 0 Å². The van der Waals surface area contributed by atoms with Crippen LogP contribution in [0.5, 0.6) is 0 Å². The molecule has 0 atom stereocenters. The lowest BCUT2D eigenvalue weighted by Gasteiger charge is -2.05. The molecule has 0 fully saturated rings. The summed E-state index contributed by atoms with van der Waals surface area (Å²) in [6, 6.07) is 8.79. The highest BCUT2D eigenvalue weighted by molar-refractivity contribution is 7.99. The summed E-state index contributed by atoms with van der Waals surface area (Å²) in [6.45, 7) is 6.64. The third-order valence-electron chi connectivity index (χ3n) is 1.68. The zero-order valence-corrected chi connectivity index (χ0v) is 8.82. The van der Waals surface area contributed by atoms with Crippen molar-refractivity contribution in [1.29, 1.82) is 0 Å². The number of hydrogen-bond donors (Lipinski definition) is 0. The Morgan fingerprint density at radius 3 is 2.67 bits per heavy atom. The molecule has 1 rings (SSSR count). The molecule has 1 aromatic rings. The van der Waals surface area contributed by atoms with E-state index in [0.29, 0.717) is 5.25 Å². The standard InChI is InChI=1S/C11H16S/c1-4-10-6-5-7-11(8-10)12-9(2)3/h5-9H,4H2,1-3H3. The van der Waals surface area contributed by atoms with Gasteiger partial charge in [0.15, 0.2) is 0 Å². The summed E-state index contributed by atoms with van der Waals surface area (Å²) in [7, 11) is 0. The van der Waals surface area contributed by atoms with Crippen LogP contribution in [0.4, 0.5) is 0 Å². The van der Waals surface area contributed by atoms with Crippen molar-refractivity contribution in [3.63, 3.8) is 0 Å². The maximum atomic E-state index is 2.28. The lowest BCUT2D eigenvalue weighted by Crippen LogP contribution is -1.87. The Morgan fingerprint density at radius 1 is 1.33 bits per heavy atom. The van der Waals surface area contributed by atoms with Gasteiger partial charge in [-0.1, -0.05) is 32.9 Å². The Morgan fingerprint density at radius 2 is 2.08 bits per heavy atom. The first-order valence-electron chi connectivity index (χ1n) is 4.48. The lowest BCUT2D eigenvalue weighted by atomic mass is 10.2. The van der Waals surface area contributed by atoms with Crippen molar-refractivity contribution < 1.29 is 0 Å². The second-order valence-corrected chi connectivity index (χ2v) is 4.82. The average Bonchev–Trinajstić information content (AvgIpc) is 2.03. The van der Waals surface area contributed by atoms with E-state index in [-0.39, 0.29) is 0 Å². The molecule has 0 aliphatic carbocycles. The Hall–Kier alpha value is -0.430. The molecule has 12 heavy (non-hydrogen) atoms. The zero-order chi connectivity index (χ0) is 8.97. The van der Waals surface area contributed by atoms with Crippen LogP contribution in [0.3, 0.4) is 0 Å². The van der Waals surface area contributed by atoms with Crippen LogP contribution >= 0.6 is 11.8 Å². The second-order valence-electron chi connectivity index (χ2n) is 3.17. The van der Waals surface area contributed by atoms with Gasteiger partial charge in [-0.05, 0) is 24.1 Å². The van der Waals surface area contributed by atoms with Crippen LogP contribution in [0, 0.1) is 0 Å². The molecule has 0 aliphatic heterocycles. The van der Waals surface area contributed by atoms with Gasteiger partial charge in [-0.15, -0.1) is 11.8 Å². The van der Waals surface area contributed by atoms with Gasteiger partial charge in [-0.3, -0.25) is 0 Å². The molecular weight excluding hydrogens is 164 g/mol. The lowest BCUT2D eigenvalue weighted by molar-refractivity contribution is 1.10. The van der Waals surface area contributed by atoms with Crippen molar-refractivity contribution in [2.24, 2.45) is 0 Å². The summed E-state index contributed by atoms with van der Waals surface area (Å²) < 4.78 is 0. The van der Waals surface area contributed by atoms with Crippen molar-refractivity contribution in [2.45, 2.75) is 37.3 Å². The number of rotatable bonds is 3. The van der Waals surface area contributed by atoms with Gasteiger partial charge in [-0.25, -0.2) is 0 Å². The minimum absolute atomic E-state index is 0.678. The summed E-state index contributed by atoms with van der Waals surface area (Å²) in [5.74, 6) is 0. The molecule has 0 bridgehead atoms. The molecule has 0 N–H and O–H groups in total. The van der Waals surface area contributed by atoms with E-state index in [1.807, 2.05) is 11.8 Å². The Labute approximate surface area is 79.4 Å². The normalized spacial score (nSPS) is 10.7. The molecule has 0 radical (unpaired) electrons. The van der Waals surface area contributed by atoms with Crippen molar-refractivity contribution >= 4 is 11.8 Å². The summed E-state index contributed by atoms with van der Waals surface area (Å²) in [5.41, 5.74) is 1.43. The third-order valence-corrected chi connectivity index (χ3v) is 2.68. The largest absolute Gasteiger partial charge is 0.123 e. The molecule has 0 aliphatic rings. The van der Waals surface area contributed by atoms with Crippen LogP contribution < -0.4 is 0 Å². The molecule has 1 aromatic carbocycles. The van der Waals surface area contributed by atoms with Gasteiger partial charge in [0, 0.05) is 10.1 Å². The second kappa shape index (κ2) is 4.56. The molecule has 0 unspecified atom stereocenters. The van der Waals surface area contributed by atoms with Crippen LogP contribution in [0.15, 0.2) is 29.2 Å². The Kier molecular flexibility index (Phi) is 3.67. The molecule has 0 nitrogen and oxygen atoms in total. The molecule has 0 spiro atoms. The van der Waals surface area contributed by atoms with Crippen molar-refractivity contribution in [1.82, 2.24) is 0 Å². The number of hydrogen-bond acceptors (Lipinski definition) is 1. The predicted octanol–water partition coefficient (Wildman–Crippen LogP) is 3.75. The first-order chi connectivity index (χ1) is 5.72. The van der Waals surface area contributed by atoms with Gasteiger partial charge in [0.2, 0.25) is 0 Å². The molecular formula is C11H16S. The van der Waals surface area contributed by atoms with Gasteiger partial charge >= 0.3 is 0 Å². The fourth-order valence-electron chi connectivity index (χ4n) is 1.11. The monoisotopic (exact) mass is 180 g/mol. The van der Waals surface area contributed by atoms with E-state index in [2.05, 4.69) is 45.0 Å². The SMILES string of the molecule is CCc1cccc(SC(C)C)c1. The van der Waals surface area contributed by atoms with Crippen LogP contribution in [0.25, 0.3) is 0 Å². The highest BCUT2D eigenvalue weighted by Crippen LogP contribution is 2.23. The number of aryl methyl sites for hydroxylation is 1. The molecule has 0 saturated carbocycles. The summed E-state index contributed by atoms with van der Waals surface area (Å²) >= 11 is 1.93. The van der Waals surface area contributed by atoms with E-state index < -0.39 is 0 Å². The van der Waals surface area contributed by atoms with Gasteiger partial charge in [0.05, 0.1) is 0 Å². The van der Waals surface area contributed by atoms with Crippen LogP contribution in [-0.2, 0) is 6.42 Å². The minimum atomic E-state index is 0.678. The molecule has 0 amide bonds. The smallest absolute Gasteiger partial charge is 0.00773 e. The fraction of sp³-hybridized carbons (Fsp3) is 0.455. The highest BCUT2D eigenvalue weighted by Gasteiger charge is 1.97. The first-order valence-corrected chi connectivity index (χ1v) is 5.36. The third kappa shape index (κ3) is 2.90. The van der Waals surface area contributed by atoms with Crippen LogP contribution in [0.2, 0.25) is 0 Å². The van der Waals surface area contributed by atoms with Gasteiger partial charge in [-0.2, -0.15) is 0 Å². The molecule has 0 aromatic heterocycles. The topological polar surface area (TPSA) is 0 Å². The van der Waals surface area contributed by atoms with Gasteiger partial charge in [0.1, 0.15) is 0 Å². The Balaban J connectivity index is 2.72. The zero-order valence-electron chi connectivity index (χ0n) is 8.00. The molecule has 0 heterocycles. The highest BCUT2D eigenvalue weighted by atomic mass is 32.2. The number of benzene rings is 1. The molecule has 66 valence electrons. The van der Waals surface area contributed by atoms with E-state index >= 15 is 0 Å². The van der Waals surface area contributed by atoms with Crippen LogP contribution in [-0.4, -0.2) is 5.25 Å². The van der Waals surface area contributed by atoms with E-state index in [0.717, 1.165) is 6.42 Å². The average molecular weight is 180 g/mol. The maximum absolute atomic E-state index is 2.28. The van der Waals surface area contributed by atoms with Gasteiger partial charge in [0.25, 0.3) is 0 Å². The van der Waals surface area contributed by atoms with E-state index in [1.165, 1.54) is 10.5 Å². The number of thioether (sulfide) groups is 1. The van der Waals surface area contributed by atoms with Gasteiger partial charge < -0.3 is 0 Å². The van der Waals surface area contributed by atoms with E-state index in [1.54, 1.807) is 0 Å². The molecule has 1 heteroatoms. The quantitative estimate of drug-likeness (QED) is 0.638. The fourth-order valence-corrected chi connectivity index (χ4v) is 2.03. The Bertz CT molecular complexity index is 241. The van der Waals surface area contributed by atoms with Crippen LogP contribution in [0.1, 0.15) is 26.3 Å². The summed E-state index contributed by atoms with van der Waals surface area (Å²) in [5, 5.41) is 0.678. The minimum Gasteiger partial charge on any atom is -0.123 e. The first kappa shape index (κ1) is 9.66. The van der Waals surface area contributed by atoms with Crippen molar-refractivity contribution in [3.05, 3.63) is 29.8 Å². The van der Waals surface area contributed by atoms with E-state index in [9.17, 15) is 0 Å².